The molecule has 2 N–H and O–H groups in total. The average molecular weight is 421 g/mol. The van der Waals surface area contributed by atoms with Crippen molar-refractivity contribution in [3.05, 3.63) is 22.4 Å². The topological polar surface area (TPSA) is 80.2 Å². The number of amides is 3. The summed E-state index contributed by atoms with van der Waals surface area (Å²) in [6.07, 6.45) is 3.82. The molecule has 7 nitrogen and oxygen atoms in total. The Morgan fingerprint density at radius 2 is 1.90 bits per heavy atom. The van der Waals surface area contributed by atoms with Gasteiger partial charge in [0.05, 0.1) is 36.5 Å². The van der Waals surface area contributed by atoms with Gasteiger partial charge >= 0.3 is 0 Å². The molecule has 4 rings (SSSR count). The predicted molar refractivity (Wildman–Crippen MR) is 108 cm³/mol. The Bertz CT molecular complexity index is 708. The fraction of sp³-hybridized carbons (Fsp3) is 0.667. The Morgan fingerprint density at radius 1 is 1.21 bits per heavy atom. The van der Waals surface area contributed by atoms with Crippen molar-refractivity contribution in [2.75, 3.05) is 39.4 Å². The molecule has 0 radical (unpaired) electrons. The number of nitrogens with zero attached hydrogens (tertiary/aromatic N) is 1. The Hall–Kier alpha value is -1.77. The molecule has 29 heavy (non-hydrogen) atoms. The van der Waals surface area contributed by atoms with Crippen LogP contribution in [0.2, 0.25) is 0 Å². The maximum Gasteiger partial charge on any atom is 0.233 e. The minimum atomic E-state index is -0.146. The minimum Gasteiger partial charge on any atom is -0.370 e. The number of imide groups is 1. The van der Waals surface area contributed by atoms with Gasteiger partial charge < -0.3 is 15.0 Å². The lowest BCUT2D eigenvalue weighted by atomic mass is 9.81. The van der Waals surface area contributed by atoms with E-state index in [4.69, 9.17) is 4.74 Å². The molecular weight excluding hydrogens is 390 g/mol. The number of fused-ring (bicyclic) bond motifs is 1. The van der Waals surface area contributed by atoms with Crippen LogP contribution in [0.1, 0.15) is 43.0 Å². The van der Waals surface area contributed by atoms with Crippen LogP contribution in [0, 0.1) is 11.8 Å². The smallest absolute Gasteiger partial charge is 0.233 e. The quantitative estimate of drug-likeness (QED) is 0.626. The van der Waals surface area contributed by atoms with Crippen molar-refractivity contribution in [3.63, 3.8) is 0 Å². The number of hydrogen-bond acceptors (Lipinski definition) is 5. The van der Waals surface area contributed by atoms with E-state index in [0.717, 1.165) is 52.0 Å². The van der Waals surface area contributed by atoms with Crippen molar-refractivity contribution in [1.82, 2.24) is 10.2 Å². The molecule has 3 aliphatic rings. The number of carbonyl (C=O) groups excluding carboxylic acids is 3. The molecule has 8 heteroatoms. The normalized spacial score (nSPS) is 26.4. The third-order valence-corrected chi connectivity index (χ3v) is 7.50. The first-order chi connectivity index (χ1) is 14.1. The molecule has 1 aromatic heterocycles. The molecule has 0 spiro atoms. The number of morpholine rings is 1. The van der Waals surface area contributed by atoms with E-state index in [2.05, 4.69) is 16.8 Å². The summed E-state index contributed by atoms with van der Waals surface area (Å²) in [5.41, 5.74) is 0. The van der Waals surface area contributed by atoms with Crippen LogP contribution in [-0.4, -0.2) is 62.0 Å². The van der Waals surface area contributed by atoms with Crippen molar-refractivity contribution < 1.29 is 24.0 Å². The first kappa shape index (κ1) is 20.5. The summed E-state index contributed by atoms with van der Waals surface area (Å²) < 4.78 is 5.47. The van der Waals surface area contributed by atoms with Gasteiger partial charge in [-0.05, 0) is 24.3 Å². The Morgan fingerprint density at radius 3 is 2.52 bits per heavy atom. The number of thiophene rings is 1. The number of nitrogens with one attached hydrogen (secondary N) is 2. The van der Waals surface area contributed by atoms with E-state index in [1.54, 1.807) is 11.3 Å². The molecule has 1 aromatic rings. The third kappa shape index (κ3) is 4.54. The molecule has 1 aliphatic carbocycles. The monoisotopic (exact) mass is 420 g/mol. The lowest BCUT2D eigenvalue weighted by Crippen LogP contribution is -3.15. The summed E-state index contributed by atoms with van der Waals surface area (Å²) in [7, 11) is 0. The van der Waals surface area contributed by atoms with Crippen LogP contribution in [0.15, 0.2) is 17.5 Å². The highest BCUT2D eigenvalue weighted by Gasteiger charge is 2.47. The van der Waals surface area contributed by atoms with Crippen LogP contribution >= 0.6 is 11.3 Å². The van der Waals surface area contributed by atoms with Crippen molar-refractivity contribution in [3.8, 4) is 0 Å². The van der Waals surface area contributed by atoms with Crippen LogP contribution in [0.5, 0.6) is 0 Å². The number of carbonyl (C=O) groups is 3. The summed E-state index contributed by atoms with van der Waals surface area (Å²) in [6.45, 7) is 4.10. The zero-order chi connectivity index (χ0) is 20.2. The summed E-state index contributed by atoms with van der Waals surface area (Å²) in [6, 6.07) is 4.37. The van der Waals surface area contributed by atoms with Crippen molar-refractivity contribution in [1.29, 1.82) is 0 Å². The van der Waals surface area contributed by atoms with Gasteiger partial charge in [0.25, 0.3) is 0 Å². The standard InChI is InChI=1S/C21H29N3O4S/c25-19(7-8-24-20(26)15-4-1-2-5-16(15)21(24)27)22-14-17(18-6-3-13-29-18)23-9-11-28-12-10-23/h3,6,13,15-17H,1-2,4-5,7-12,14H2,(H,22,25)/p+1/t15-,16-,17+/m0/s1. The van der Waals surface area contributed by atoms with E-state index in [9.17, 15) is 14.4 Å². The second-order valence-electron chi connectivity index (χ2n) is 8.22. The van der Waals surface area contributed by atoms with E-state index in [-0.39, 0.29) is 48.6 Å². The average Bonchev–Trinajstić information content (AvgIpc) is 3.36. The zero-order valence-corrected chi connectivity index (χ0v) is 17.5. The minimum absolute atomic E-state index is 0.0678. The molecule has 3 heterocycles. The Kier molecular flexibility index (Phi) is 6.62. The van der Waals surface area contributed by atoms with E-state index in [1.165, 1.54) is 14.7 Å². The second kappa shape index (κ2) is 9.36. The lowest BCUT2D eigenvalue weighted by Gasteiger charge is -2.31. The maximum absolute atomic E-state index is 12.6. The van der Waals surface area contributed by atoms with Crippen molar-refractivity contribution >= 4 is 29.1 Å². The second-order valence-corrected chi connectivity index (χ2v) is 9.20. The molecule has 0 bridgehead atoms. The van der Waals surface area contributed by atoms with Gasteiger partial charge in [-0.1, -0.05) is 18.9 Å². The number of likely N-dealkylation sites (tertiary alicyclic amines) is 1. The van der Waals surface area contributed by atoms with Gasteiger partial charge in [0, 0.05) is 13.0 Å². The number of ether oxygens (including phenoxy) is 1. The fourth-order valence-corrected chi connectivity index (χ4v) is 5.77. The molecule has 158 valence electrons. The van der Waals surface area contributed by atoms with Crippen molar-refractivity contribution in [2.45, 2.75) is 38.1 Å². The van der Waals surface area contributed by atoms with Crippen molar-refractivity contribution in [2.24, 2.45) is 11.8 Å². The van der Waals surface area contributed by atoms with Crippen LogP contribution < -0.4 is 10.2 Å². The molecule has 2 aliphatic heterocycles. The lowest BCUT2D eigenvalue weighted by molar-refractivity contribution is -0.937. The van der Waals surface area contributed by atoms with Crippen LogP contribution in [0.3, 0.4) is 0 Å². The SMILES string of the molecule is O=C(CCN1C(=O)[C@H]2CCCC[C@@H]2C1=O)NC[C@H](c1cccs1)[NH+]1CCOCC1. The van der Waals surface area contributed by atoms with Gasteiger partial charge in [0.2, 0.25) is 17.7 Å². The van der Waals surface area contributed by atoms with E-state index < -0.39 is 0 Å². The van der Waals surface area contributed by atoms with Gasteiger partial charge in [0.1, 0.15) is 19.1 Å². The largest absolute Gasteiger partial charge is 0.370 e. The Balaban J connectivity index is 1.29. The van der Waals surface area contributed by atoms with Gasteiger partial charge in [0.15, 0.2) is 0 Å². The van der Waals surface area contributed by atoms with E-state index in [1.807, 2.05) is 6.07 Å². The highest BCUT2D eigenvalue weighted by atomic mass is 32.1. The first-order valence-corrected chi connectivity index (χ1v) is 11.6. The summed E-state index contributed by atoms with van der Waals surface area (Å²) in [5, 5.41) is 5.11. The zero-order valence-electron chi connectivity index (χ0n) is 16.7. The molecule has 0 aromatic carbocycles. The van der Waals surface area contributed by atoms with Gasteiger partial charge in [-0.25, -0.2) is 0 Å². The fourth-order valence-electron chi connectivity index (χ4n) is 4.89. The summed E-state index contributed by atoms with van der Waals surface area (Å²) >= 11 is 1.71. The van der Waals surface area contributed by atoms with Crippen LogP contribution in [-0.2, 0) is 19.1 Å². The molecule has 3 amide bonds. The summed E-state index contributed by atoms with van der Waals surface area (Å²) in [4.78, 5) is 41.6. The highest BCUT2D eigenvalue weighted by molar-refractivity contribution is 7.10. The summed E-state index contributed by atoms with van der Waals surface area (Å²) in [5.74, 6) is -0.530. The van der Waals surface area contributed by atoms with Gasteiger partial charge in [-0.2, -0.15) is 0 Å². The Labute approximate surface area is 175 Å². The van der Waals surface area contributed by atoms with E-state index >= 15 is 0 Å². The first-order valence-electron chi connectivity index (χ1n) is 10.7. The van der Waals surface area contributed by atoms with Gasteiger partial charge in [-0.15, -0.1) is 11.3 Å². The highest BCUT2D eigenvalue weighted by Crippen LogP contribution is 2.37. The molecule has 2 saturated heterocycles. The predicted octanol–water partition coefficient (Wildman–Crippen LogP) is 0.386. The molecule has 3 atom stereocenters. The van der Waals surface area contributed by atoms with Gasteiger partial charge in [-0.3, -0.25) is 19.3 Å². The van der Waals surface area contributed by atoms with Crippen LogP contribution in [0.4, 0.5) is 0 Å². The molecule has 1 saturated carbocycles. The molecular formula is C21H30N3O4S+. The number of rotatable bonds is 7. The third-order valence-electron chi connectivity index (χ3n) is 6.51. The number of hydrogen-bond donors (Lipinski definition) is 2. The molecule has 0 unspecified atom stereocenters. The van der Waals surface area contributed by atoms with Crippen LogP contribution in [0.25, 0.3) is 0 Å². The van der Waals surface area contributed by atoms with E-state index in [0.29, 0.717) is 6.54 Å². The maximum atomic E-state index is 12.6. The number of quaternary nitrogens is 1. The molecule has 3 fully saturated rings.